The average molecular weight is 659 g/mol. The number of carbonyl (C=O) groups is 4. The first-order chi connectivity index (χ1) is 21.2. The van der Waals surface area contributed by atoms with Gasteiger partial charge in [-0.25, -0.2) is 0 Å². The summed E-state index contributed by atoms with van der Waals surface area (Å²) in [5, 5.41) is 12.3. The largest absolute Gasteiger partial charge is 0.544 e. The van der Waals surface area contributed by atoms with Crippen molar-refractivity contribution in [3.05, 3.63) is 64.7 Å². The van der Waals surface area contributed by atoms with Gasteiger partial charge in [-0.15, -0.1) is 0 Å². The van der Waals surface area contributed by atoms with Crippen LogP contribution in [0.1, 0.15) is 70.7 Å². The van der Waals surface area contributed by atoms with Crippen LogP contribution in [0.25, 0.3) is 0 Å². The van der Waals surface area contributed by atoms with E-state index in [0.29, 0.717) is 6.42 Å². The predicted octanol–water partition coefficient (Wildman–Crippen LogP) is 4.87. The highest BCUT2D eigenvalue weighted by atomic mass is 28.4. The summed E-state index contributed by atoms with van der Waals surface area (Å²) in [6.45, 7) is 16.9. The standard InChI is InChI=1S/C34H46O11Si/c1-20-11-14-27(18-26(20)17-25-12-15-28(16-13-25)45-46(9,10)33(6,7)8)34(39)32(43-24(5)38)31(42-23(4)37)30(41-22(3)36)29(44-34)19-40-21(2)35/h11-16,18,29-32,39H,17,19H2,1-10H3/t29-,30-,31+,32-,34?/m1/s1. The molecule has 0 radical (unpaired) electrons. The average Bonchev–Trinajstić information content (AvgIpc) is 2.92. The lowest BCUT2D eigenvalue weighted by Gasteiger charge is -2.48. The third kappa shape index (κ3) is 8.95. The van der Waals surface area contributed by atoms with Crippen molar-refractivity contribution in [2.45, 2.75) is 110 Å². The molecule has 1 saturated heterocycles. The Morgan fingerprint density at radius 3 is 1.93 bits per heavy atom. The van der Waals surface area contributed by atoms with E-state index in [2.05, 4.69) is 33.9 Å². The van der Waals surface area contributed by atoms with Crippen molar-refractivity contribution < 1.29 is 52.4 Å². The van der Waals surface area contributed by atoms with E-state index in [1.54, 1.807) is 18.2 Å². The lowest BCUT2D eigenvalue weighted by atomic mass is 9.85. The molecule has 0 amide bonds. The van der Waals surface area contributed by atoms with Gasteiger partial charge >= 0.3 is 23.9 Å². The van der Waals surface area contributed by atoms with Gasteiger partial charge in [0.15, 0.2) is 12.2 Å². The molecule has 0 aliphatic carbocycles. The third-order valence-electron chi connectivity index (χ3n) is 8.31. The second-order valence-corrected chi connectivity index (χ2v) is 17.9. The highest BCUT2D eigenvalue weighted by Gasteiger charge is 2.60. The van der Waals surface area contributed by atoms with Gasteiger partial charge in [0.25, 0.3) is 0 Å². The number of ether oxygens (including phenoxy) is 5. The minimum Gasteiger partial charge on any atom is -0.544 e. The SMILES string of the molecule is CC(=O)OC[C@H]1OC(O)(c2ccc(C)c(Cc3ccc(O[Si](C)(C)C(C)(C)C)cc3)c2)[C@H](OC(C)=O)[C@@H](OC(C)=O)[C@@H]1OC(C)=O. The number of esters is 4. The van der Waals surface area contributed by atoms with E-state index in [9.17, 15) is 24.3 Å². The van der Waals surface area contributed by atoms with Crippen molar-refractivity contribution in [2.24, 2.45) is 0 Å². The zero-order valence-electron chi connectivity index (χ0n) is 28.3. The second kappa shape index (κ2) is 14.4. The van der Waals surface area contributed by atoms with E-state index in [0.717, 1.165) is 43.2 Å². The van der Waals surface area contributed by atoms with E-state index in [-0.39, 0.29) is 10.6 Å². The normalized spacial score (nSPS) is 23.2. The monoisotopic (exact) mass is 658 g/mol. The molecule has 3 rings (SSSR count). The highest BCUT2D eigenvalue weighted by molar-refractivity contribution is 6.74. The topological polar surface area (TPSA) is 144 Å². The lowest BCUT2D eigenvalue weighted by molar-refractivity contribution is -0.360. The van der Waals surface area contributed by atoms with Crippen LogP contribution in [0.15, 0.2) is 42.5 Å². The maximum Gasteiger partial charge on any atom is 0.303 e. The molecule has 5 atom stereocenters. The summed E-state index contributed by atoms with van der Waals surface area (Å²) in [7, 11) is -2.01. The van der Waals surface area contributed by atoms with Crippen LogP contribution in [0.5, 0.6) is 5.75 Å². The Kier molecular flexibility index (Phi) is 11.5. The Morgan fingerprint density at radius 1 is 0.848 bits per heavy atom. The molecule has 11 nitrogen and oxygen atoms in total. The molecule has 0 bridgehead atoms. The zero-order chi connectivity index (χ0) is 34.6. The molecule has 1 heterocycles. The van der Waals surface area contributed by atoms with Crippen LogP contribution in [0.3, 0.4) is 0 Å². The summed E-state index contributed by atoms with van der Waals surface area (Å²) >= 11 is 0. The van der Waals surface area contributed by atoms with Gasteiger partial charge in [-0.05, 0) is 66.4 Å². The molecule has 0 spiro atoms. The number of hydrogen-bond donors (Lipinski definition) is 1. The van der Waals surface area contributed by atoms with E-state index >= 15 is 0 Å². The van der Waals surface area contributed by atoms with Crippen molar-refractivity contribution >= 4 is 32.2 Å². The Hall–Kier alpha value is -3.74. The minimum absolute atomic E-state index is 0.0541. The van der Waals surface area contributed by atoms with Crippen molar-refractivity contribution in [1.82, 2.24) is 0 Å². The van der Waals surface area contributed by atoms with Crippen LogP contribution in [-0.2, 0) is 55.1 Å². The van der Waals surface area contributed by atoms with Crippen molar-refractivity contribution in [3.8, 4) is 5.75 Å². The number of aryl methyl sites for hydroxylation is 1. The molecule has 1 unspecified atom stereocenters. The van der Waals surface area contributed by atoms with Crippen molar-refractivity contribution in [2.75, 3.05) is 6.61 Å². The molecule has 1 fully saturated rings. The van der Waals surface area contributed by atoms with Crippen LogP contribution in [0.4, 0.5) is 0 Å². The van der Waals surface area contributed by atoms with Crippen LogP contribution in [-0.4, -0.2) is 68.3 Å². The number of hydrogen-bond acceptors (Lipinski definition) is 11. The quantitative estimate of drug-likeness (QED) is 0.212. The highest BCUT2D eigenvalue weighted by Crippen LogP contribution is 2.42. The summed E-state index contributed by atoms with van der Waals surface area (Å²) in [4.78, 5) is 48.3. The molecular formula is C34H46O11Si. The molecule has 46 heavy (non-hydrogen) atoms. The summed E-state index contributed by atoms with van der Waals surface area (Å²) in [6, 6.07) is 13.0. The van der Waals surface area contributed by atoms with E-state index in [4.69, 9.17) is 28.1 Å². The number of benzene rings is 2. The van der Waals surface area contributed by atoms with Gasteiger partial charge in [-0.1, -0.05) is 45.0 Å². The molecular weight excluding hydrogens is 612 g/mol. The molecule has 2 aromatic rings. The molecule has 0 saturated carbocycles. The molecule has 1 aliphatic heterocycles. The summed E-state index contributed by atoms with van der Waals surface area (Å²) in [6.07, 6.45) is -5.37. The first-order valence-electron chi connectivity index (χ1n) is 15.2. The van der Waals surface area contributed by atoms with E-state index < -0.39 is 69.0 Å². The molecule has 252 valence electrons. The van der Waals surface area contributed by atoms with Gasteiger partial charge in [0.2, 0.25) is 20.2 Å². The molecule has 0 aromatic heterocycles. The fourth-order valence-electron chi connectivity index (χ4n) is 4.94. The number of aliphatic hydroxyl groups is 1. The van der Waals surface area contributed by atoms with E-state index in [1.165, 1.54) is 6.92 Å². The van der Waals surface area contributed by atoms with Gasteiger partial charge in [-0.2, -0.15) is 0 Å². The fourth-order valence-corrected chi connectivity index (χ4v) is 5.97. The third-order valence-corrected chi connectivity index (χ3v) is 12.7. The maximum absolute atomic E-state index is 12.3. The van der Waals surface area contributed by atoms with Crippen LogP contribution in [0.2, 0.25) is 18.1 Å². The second-order valence-electron chi connectivity index (χ2n) is 13.2. The summed E-state index contributed by atoms with van der Waals surface area (Å²) in [5.74, 6) is -4.62. The minimum atomic E-state index is -2.41. The van der Waals surface area contributed by atoms with Crippen LogP contribution < -0.4 is 4.43 Å². The molecule has 2 aromatic carbocycles. The smallest absolute Gasteiger partial charge is 0.303 e. The first kappa shape index (κ1) is 36.7. The van der Waals surface area contributed by atoms with Gasteiger partial charge in [0, 0.05) is 33.3 Å². The lowest BCUT2D eigenvalue weighted by Crippen LogP contribution is -2.66. The fraction of sp³-hybridized carbons (Fsp3) is 0.529. The van der Waals surface area contributed by atoms with Gasteiger partial charge in [-0.3, -0.25) is 19.2 Å². The van der Waals surface area contributed by atoms with Crippen LogP contribution >= 0.6 is 0 Å². The van der Waals surface area contributed by atoms with Gasteiger partial charge in [0.1, 0.15) is 18.5 Å². The zero-order valence-corrected chi connectivity index (χ0v) is 29.3. The predicted molar refractivity (Wildman–Crippen MR) is 170 cm³/mol. The number of rotatable bonds is 10. The van der Waals surface area contributed by atoms with Gasteiger partial charge < -0.3 is 33.2 Å². The Morgan fingerprint density at radius 2 is 1.41 bits per heavy atom. The summed E-state index contributed by atoms with van der Waals surface area (Å²) in [5.41, 5.74) is 2.91. The Balaban J connectivity index is 2.05. The Bertz CT molecular complexity index is 1430. The van der Waals surface area contributed by atoms with Crippen molar-refractivity contribution in [3.63, 3.8) is 0 Å². The van der Waals surface area contributed by atoms with Crippen molar-refractivity contribution in [1.29, 1.82) is 0 Å². The number of carbonyl (C=O) groups excluding carboxylic acids is 4. The molecule has 12 heteroatoms. The first-order valence-corrected chi connectivity index (χ1v) is 18.1. The molecule has 1 aliphatic rings. The molecule has 1 N–H and O–H groups in total. The van der Waals surface area contributed by atoms with Crippen LogP contribution in [0, 0.1) is 6.92 Å². The van der Waals surface area contributed by atoms with E-state index in [1.807, 2.05) is 31.2 Å². The summed E-state index contributed by atoms with van der Waals surface area (Å²) < 4.78 is 34.1. The maximum atomic E-state index is 12.3. The van der Waals surface area contributed by atoms with Gasteiger partial charge in [0.05, 0.1) is 0 Å². The Labute approximate surface area is 271 Å².